The van der Waals surface area contributed by atoms with Crippen LogP contribution in [0.4, 0.5) is 0 Å². The number of hydrogen-bond acceptors (Lipinski definition) is 3. The Hall–Kier alpha value is -1.88. The lowest BCUT2D eigenvalue weighted by molar-refractivity contribution is -0.132. The number of nitrogens with zero attached hydrogens (tertiary/aromatic N) is 3. The summed E-state index contributed by atoms with van der Waals surface area (Å²) < 4.78 is 1.61. The van der Waals surface area contributed by atoms with E-state index in [0.29, 0.717) is 35.3 Å². The predicted octanol–water partition coefficient (Wildman–Crippen LogP) is 1.84. The number of fused-ring (bicyclic) bond motifs is 1. The number of halogens is 1. The molecule has 1 aromatic carbocycles. The number of rotatable bonds is 1. The van der Waals surface area contributed by atoms with E-state index in [0.717, 1.165) is 0 Å². The second-order valence-corrected chi connectivity index (χ2v) is 5.52. The summed E-state index contributed by atoms with van der Waals surface area (Å²) in [6.45, 7) is 0.534. The molecule has 1 aliphatic heterocycles. The van der Waals surface area contributed by atoms with E-state index in [-0.39, 0.29) is 17.5 Å². The first-order chi connectivity index (χ1) is 9.56. The maximum atomic E-state index is 12.5. The van der Waals surface area contributed by atoms with Crippen LogP contribution in [-0.4, -0.2) is 34.0 Å². The van der Waals surface area contributed by atoms with Crippen LogP contribution < -0.4 is 5.56 Å². The number of likely N-dealkylation sites (N-methyl/N-ethyl adjacent to an activating group) is 1. The van der Waals surface area contributed by atoms with E-state index in [1.165, 1.54) is 0 Å². The summed E-state index contributed by atoms with van der Waals surface area (Å²) in [5, 5.41) is 1.03. The van der Waals surface area contributed by atoms with Gasteiger partial charge in [-0.3, -0.25) is 14.2 Å². The molecule has 2 heterocycles. The zero-order valence-electron chi connectivity index (χ0n) is 11.0. The molecule has 1 amide bonds. The summed E-state index contributed by atoms with van der Waals surface area (Å²) in [5.74, 6) is 0.117. The number of hydrogen-bond donors (Lipinski definition) is 0. The van der Waals surface area contributed by atoms with Crippen molar-refractivity contribution in [3.05, 3.63) is 39.9 Å². The van der Waals surface area contributed by atoms with E-state index in [9.17, 15) is 9.59 Å². The van der Waals surface area contributed by atoms with E-state index in [1.54, 1.807) is 41.0 Å². The van der Waals surface area contributed by atoms with Crippen LogP contribution in [0.1, 0.15) is 18.9 Å². The summed E-state index contributed by atoms with van der Waals surface area (Å²) in [6, 6.07) is 5.06. The highest BCUT2D eigenvalue weighted by Crippen LogP contribution is 2.21. The Kier molecular flexibility index (Phi) is 3.22. The van der Waals surface area contributed by atoms with Gasteiger partial charge in [-0.1, -0.05) is 11.6 Å². The number of aromatic nitrogens is 2. The van der Waals surface area contributed by atoms with Crippen LogP contribution in [0.25, 0.3) is 10.9 Å². The van der Waals surface area contributed by atoms with Crippen molar-refractivity contribution < 1.29 is 4.79 Å². The second-order valence-electron chi connectivity index (χ2n) is 5.09. The number of carbonyl (C=O) groups excluding carboxylic acids is 1. The van der Waals surface area contributed by atoms with Gasteiger partial charge in [-0.15, -0.1) is 0 Å². The third-order valence-electron chi connectivity index (χ3n) is 3.74. The molecule has 0 N–H and O–H groups in total. The Labute approximate surface area is 120 Å². The fourth-order valence-electron chi connectivity index (χ4n) is 2.59. The van der Waals surface area contributed by atoms with Crippen LogP contribution in [0.15, 0.2) is 29.3 Å². The first-order valence-corrected chi connectivity index (χ1v) is 6.84. The Balaban J connectivity index is 2.06. The minimum atomic E-state index is -0.106. The SMILES string of the molecule is CN1C[C@@H](n2cnc3ccc(Cl)cc3c2=O)CCC1=O. The van der Waals surface area contributed by atoms with Crippen molar-refractivity contribution in [2.75, 3.05) is 13.6 Å². The van der Waals surface area contributed by atoms with Gasteiger partial charge in [0.05, 0.1) is 23.3 Å². The zero-order chi connectivity index (χ0) is 14.3. The third kappa shape index (κ3) is 2.18. The van der Waals surface area contributed by atoms with Crippen molar-refractivity contribution in [2.45, 2.75) is 18.9 Å². The molecule has 1 atom stereocenters. The molecule has 0 spiro atoms. The molecule has 20 heavy (non-hydrogen) atoms. The maximum Gasteiger partial charge on any atom is 0.261 e. The Bertz CT molecular complexity index is 741. The van der Waals surface area contributed by atoms with Crippen LogP contribution in [0.3, 0.4) is 0 Å². The molecule has 1 aliphatic rings. The van der Waals surface area contributed by atoms with Gasteiger partial charge in [0.2, 0.25) is 5.91 Å². The minimum absolute atomic E-state index is 0.0268. The topological polar surface area (TPSA) is 55.2 Å². The van der Waals surface area contributed by atoms with Crippen molar-refractivity contribution >= 4 is 28.4 Å². The zero-order valence-corrected chi connectivity index (χ0v) is 11.8. The molecule has 0 bridgehead atoms. The molecule has 3 rings (SSSR count). The molecular formula is C14H14ClN3O2. The van der Waals surface area contributed by atoms with Crippen molar-refractivity contribution in [3.63, 3.8) is 0 Å². The quantitative estimate of drug-likeness (QED) is 0.805. The van der Waals surface area contributed by atoms with Crippen molar-refractivity contribution in [3.8, 4) is 0 Å². The summed E-state index contributed by atoms with van der Waals surface area (Å²) in [5.41, 5.74) is 0.529. The predicted molar refractivity (Wildman–Crippen MR) is 76.9 cm³/mol. The van der Waals surface area contributed by atoms with Crippen LogP contribution in [0.2, 0.25) is 5.02 Å². The van der Waals surface area contributed by atoms with Crippen LogP contribution in [0, 0.1) is 0 Å². The molecule has 1 saturated heterocycles. The fraction of sp³-hybridized carbons (Fsp3) is 0.357. The average Bonchev–Trinajstić information content (AvgIpc) is 2.43. The van der Waals surface area contributed by atoms with E-state index in [4.69, 9.17) is 11.6 Å². The smallest absolute Gasteiger partial charge is 0.261 e. The lowest BCUT2D eigenvalue weighted by atomic mass is 10.1. The normalized spacial score (nSPS) is 19.6. The molecule has 2 aromatic rings. The number of amides is 1. The molecule has 6 heteroatoms. The van der Waals surface area contributed by atoms with E-state index in [1.807, 2.05) is 0 Å². The summed E-state index contributed by atoms with van der Waals surface area (Å²) in [4.78, 5) is 30.0. The first kappa shape index (κ1) is 13.1. The Morgan fingerprint density at radius 2 is 2.15 bits per heavy atom. The molecule has 104 valence electrons. The van der Waals surface area contributed by atoms with Gasteiger partial charge in [0, 0.05) is 25.0 Å². The average molecular weight is 292 g/mol. The molecule has 0 aliphatic carbocycles. The lowest BCUT2D eigenvalue weighted by Gasteiger charge is -2.30. The third-order valence-corrected chi connectivity index (χ3v) is 3.98. The molecule has 0 unspecified atom stereocenters. The van der Waals surface area contributed by atoms with Gasteiger partial charge in [0.15, 0.2) is 0 Å². The van der Waals surface area contributed by atoms with Gasteiger partial charge < -0.3 is 4.90 Å². The van der Waals surface area contributed by atoms with Gasteiger partial charge in [-0.05, 0) is 24.6 Å². The van der Waals surface area contributed by atoms with Gasteiger partial charge in [-0.25, -0.2) is 4.98 Å². The van der Waals surface area contributed by atoms with Gasteiger partial charge in [0.25, 0.3) is 5.56 Å². The van der Waals surface area contributed by atoms with Crippen molar-refractivity contribution in [2.24, 2.45) is 0 Å². The molecule has 0 radical (unpaired) electrons. The minimum Gasteiger partial charge on any atom is -0.344 e. The monoisotopic (exact) mass is 291 g/mol. The molecule has 5 nitrogen and oxygen atoms in total. The first-order valence-electron chi connectivity index (χ1n) is 6.46. The van der Waals surface area contributed by atoms with Crippen LogP contribution >= 0.6 is 11.6 Å². The Morgan fingerprint density at radius 3 is 2.90 bits per heavy atom. The van der Waals surface area contributed by atoms with Crippen LogP contribution in [-0.2, 0) is 4.79 Å². The summed E-state index contributed by atoms with van der Waals surface area (Å²) in [7, 11) is 1.75. The number of benzene rings is 1. The maximum absolute atomic E-state index is 12.5. The highest BCUT2D eigenvalue weighted by Gasteiger charge is 2.25. The summed E-state index contributed by atoms with van der Waals surface area (Å²) >= 11 is 5.94. The number of likely N-dealkylation sites (tertiary alicyclic amines) is 1. The van der Waals surface area contributed by atoms with E-state index >= 15 is 0 Å². The molecular weight excluding hydrogens is 278 g/mol. The molecule has 1 fully saturated rings. The Morgan fingerprint density at radius 1 is 1.35 bits per heavy atom. The van der Waals surface area contributed by atoms with Crippen LogP contribution in [0.5, 0.6) is 0 Å². The van der Waals surface area contributed by atoms with E-state index in [2.05, 4.69) is 4.98 Å². The van der Waals surface area contributed by atoms with Crippen molar-refractivity contribution in [1.29, 1.82) is 0 Å². The van der Waals surface area contributed by atoms with Gasteiger partial charge >= 0.3 is 0 Å². The molecule has 0 saturated carbocycles. The lowest BCUT2D eigenvalue weighted by Crippen LogP contribution is -2.40. The fourth-order valence-corrected chi connectivity index (χ4v) is 2.76. The highest BCUT2D eigenvalue weighted by atomic mass is 35.5. The van der Waals surface area contributed by atoms with E-state index < -0.39 is 0 Å². The summed E-state index contributed by atoms with van der Waals surface area (Å²) in [6.07, 6.45) is 2.69. The molecule has 1 aromatic heterocycles. The largest absolute Gasteiger partial charge is 0.344 e. The number of piperidine rings is 1. The van der Waals surface area contributed by atoms with Gasteiger partial charge in [0.1, 0.15) is 0 Å². The van der Waals surface area contributed by atoms with Crippen molar-refractivity contribution in [1.82, 2.24) is 14.5 Å². The standard InChI is InChI=1S/C14H14ClN3O2/c1-17-7-10(3-5-13(17)19)18-8-16-12-4-2-9(15)6-11(12)14(18)20/h2,4,6,8,10H,3,5,7H2,1H3/t10-/m0/s1. The number of carbonyl (C=O) groups is 1. The van der Waals surface area contributed by atoms with Gasteiger partial charge in [-0.2, -0.15) is 0 Å². The highest BCUT2D eigenvalue weighted by molar-refractivity contribution is 6.31. The second kappa shape index (κ2) is 4.90.